The zero-order valence-electron chi connectivity index (χ0n) is 11.8. The van der Waals surface area contributed by atoms with Crippen LogP contribution in [-0.4, -0.2) is 29.0 Å². The number of esters is 1. The van der Waals surface area contributed by atoms with Crippen LogP contribution in [0, 0.1) is 0 Å². The Bertz CT molecular complexity index is 672. The molecule has 7 nitrogen and oxygen atoms in total. The van der Waals surface area contributed by atoms with E-state index >= 15 is 0 Å². The zero-order valence-corrected chi connectivity index (χ0v) is 11.8. The molecule has 1 heterocycles. The SMILES string of the molecule is COC(=O)C(=CNc1ncccn1)NC(=O)c1ccccc1. The van der Waals surface area contributed by atoms with Crippen molar-refractivity contribution >= 4 is 17.8 Å². The molecule has 2 aromatic rings. The number of hydrogen-bond acceptors (Lipinski definition) is 6. The summed E-state index contributed by atoms with van der Waals surface area (Å²) >= 11 is 0. The lowest BCUT2D eigenvalue weighted by Crippen LogP contribution is -2.28. The van der Waals surface area contributed by atoms with Gasteiger partial charge in [-0.25, -0.2) is 14.8 Å². The maximum absolute atomic E-state index is 12.1. The second-order valence-corrected chi connectivity index (χ2v) is 4.09. The van der Waals surface area contributed by atoms with Gasteiger partial charge in [0.1, 0.15) is 5.70 Å². The maximum atomic E-state index is 12.1. The van der Waals surface area contributed by atoms with Gasteiger partial charge < -0.3 is 15.4 Å². The van der Waals surface area contributed by atoms with Gasteiger partial charge in [-0.1, -0.05) is 18.2 Å². The fourth-order valence-corrected chi connectivity index (χ4v) is 1.55. The predicted octanol–water partition coefficient (Wildman–Crippen LogP) is 1.33. The van der Waals surface area contributed by atoms with Crippen LogP contribution < -0.4 is 10.6 Å². The lowest BCUT2D eigenvalue weighted by Gasteiger charge is -2.08. The zero-order chi connectivity index (χ0) is 15.8. The Labute approximate surface area is 127 Å². The number of anilines is 1. The highest BCUT2D eigenvalue weighted by Crippen LogP contribution is 2.02. The molecule has 2 rings (SSSR count). The van der Waals surface area contributed by atoms with Gasteiger partial charge in [0, 0.05) is 24.2 Å². The molecule has 2 N–H and O–H groups in total. The average Bonchev–Trinajstić information content (AvgIpc) is 2.59. The third kappa shape index (κ3) is 4.14. The molecule has 0 radical (unpaired) electrons. The number of hydrogen-bond donors (Lipinski definition) is 2. The summed E-state index contributed by atoms with van der Waals surface area (Å²) in [6.07, 6.45) is 4.37. The Morgan fingerprint density at radius 3 is 2.41 bits per heavy atom. The molecule has 0 saturated carbocycles. The summed E-state index contributed by atoms with van der Waals surface area (Å²) in [4.78, 5) is 31.7. The molecule has 1 amide bonds. The molecule has 7 heteroatoms. The summed E-state index contributed by atoms with van der Waals surface area (Å²) in [5.74, 6) is -0.821. The number of aromatic nitrogens is 2. The van der Waals surface area contributed by atoms with E-state index in [1.807, 2.05) is 0 Å². The van der Waals surface area contributed by atoms with Crippen LogP contribution in [-0.2, 0) is 9.53 Å². The highest BCUT2D eigenvalue weighted by molar-refractivity contribution is 6.01. The fraction of sp³-hybridized carbons (Fsp3) is 0.0667. The summed E-state index contributed by atoms with van der Waals surface area (Å²) in [6.45, 7) is 0. The molecule has 0 atom stereocenters. The van der Waals surface area contributed by atoms with Crippen molar-refractivity contribution in [2.24, 2.45) is 0 Å². The number of nitrogens with one attached hydrogen (secondary N) is 2. The molecule has 0 fully saturated rings. The van der Waals surface area contributed by atoms with Crippen LogP contribution in [0.25, 0.3) is 0 Å². The number of carbonyl (C=O) groups excluding carboxylic acids is 2. The lowest BCUT2D eigenvalue weighted by molar-refractivity contribution is -0.136. The summed E-state index contributed by atoms with van der Waals surface area (Å²) in [7, 11) is 1.23. The number of rotatable bonds is 5. The maximum Gasteiger partial charge on any atom is 0.356 e. The van der Waals surface area contributed by atoms with Gasteiger partial charge in [0.05, 0.1) is 7.11 Å². The quantitative estimate of drug-likeness (QED) is 0.639. The van der Waals surface area contributed by atoms with Crippen LogP contribution >= 0.6 is 0 Å². The minimum atomic E-state index is -0.687. The third-order valence-corrected chi connectivity index (χ3v) is 2.60. The molecule has 0 unspecified atom stereocenters. The first-order chi connectivity index (χ1) is 10.7. The molecular weight excluding hydrogens is 284 g/mol. The molecule has 1 aromatic heterocycles. The third-order valence-electron chi connectivity index (χ3n) is 2.60. The number of methoxy groups -OCH3 is 1. The van der Waals surface area contributed by atoms with Crippen LogP contribution in [0.1, 0.15) is 10.4 Å². The molecule has 0 bridgehead atoms. The van der Waals surface area contributed by atoms with Crippen molar-refractivity contribution in [3.8, 4) is 0 Å². The van der Waals surface area contributed by atoms with Gasteiger partial charge in [-0.15, -0.1) is 0 Å². The van der Waals surface area contributed by atoms with Crippen molar-refractivity contribution in [2.45, 2.75) is 0 Å². The van der Waals surface area contributed by atoms with Gasteiger partial charge >= 0.3 is 5.97 Å². The highest BCUT2D eigenvalue weighted by atomic mass is 16.5. The van der Waals surface area contributed by atoms with Crippen molar-refractivity contribution in [2.75, 3.05) is 12.4 Å². The Morgan fingerprint density at radius 2 is 1.77 bits per heavy atom. The van der Waals surface area contributed by atoms with Crippen molar-refractivity contribution in [1.82, 2.24) is 15.3 Å². The van der Waals surface area contributed by atoms with Gasteiger partial charge in [0.15, 0.2) is 0 Å². The number of ether oxygens (including phenoxy) is 1. The van der Waals surface area contributed by atoms with Crippen molar-refractivity contribution in [3.05, 3.63) is 66.3 Å². The molecule has 0 spiro atoms. The monoisotopic (exact) mass is 298 g/mol. The summed E-state index contributed by atoms with van der Waals surface area (Å²) < 4.78 is 4.63. The molecule has 0 aliphatic heterocycles. The van der Waals surface area contributed by atoms with Crippen molar-refractivity contribution < 1.29 is 14.3 Å². The first kappa shape index (κ1) is 15.2. The molecule has 0 saturated heterocycles. The lowest BCUT2D eigenvalue weighted by atomic mass is 10.2. The van der Waals surface area contributed by atoms with Crippen LogP contribution in [0.4, 0.5) is 5.95 Å². The van der Waals surface area contributed by atoms with Crippen LogP contribution in [0.2, 0.25) is 0 Å². The average molecular weight is 298 g/mol. The molecule has 0 aliphatic rings. The molecule has 112 valence electrons. The van der Waals surface area contributed by atoms with E-state index in [4.69, 9.17) is 0 Å². The van der Waals surface area contributed by atoms with Crippen LogP contribution in [0.3, 0.4) is 0 Å². The first-order valence-corrected chi connectivity index (χ1v) is 6.39. The molecule has 0 aliphatic carbocycles. The second-order valence-electron chi connectivity index (χ2n) is 4.09. The fourth-order valence-electron chi connectivity index (χ4n) is 1.55. The minimum absolute atomic E-state index is 0.0520. The van der Waals surface area contributed by atoms with E-state index in [0.29, 0.717) is 5.56 Å². The number of amides is 1. The molecule has 22 heavy (non-hydrogen) atoms. The first-order valence-electron chi connectivity index (χ1n) is 6.39. The summed E-state index contributed by atoms with van der Waals surface area (Å²) in [5, 5.41) is 5.20. The largest absolute Gasteiger partial charge is 0.464 e. The Balaban J connectivity index is 2.13. The van der Waals surface area contributed by atoms with E-state index in [1.165, 1.54) is 13.3 Å². The van der Waals surface area contributed by atoms with E-state index in [0.717, 1.165) is 0 Å². The van der Waals surface area contributed by atoms with E-state index in [-0.39, 0.29) is 11.6 Å². The van der Waals surface area contributed by atoms with E-state index in [1.54, 1.807) is 48.8 Å². The number of benzene rings is 1. The van der Waals surface area contributed by atoms with Gasteiger partial charge in [-0.2, -0.15) is 0 Å². The topological polar surface area (TPSA) is 93.2 Å². The standard InChI is InChI=1S/C15H14N4O3/c1-22-14(21)12(10-18-15-16-8-5-9-17-15)19-13(20)11-6-3-2-4-7-11/h2-10H,1H3,(H,19,20)(H,16,17,18). The van der Waals surface area contributed by atoms with Gasteiger partial charge in [0.2, 0.25) is 5.95 Å². The van der Waals surface area contributed by atoms with Gasteiger partial charge in [-0.3, -0.25) is 4.79 Å². The van der Waals surface area contributed by atoms with Crippen molar-refractivity contribution in [3.63, 3.8) is 0 Å². The van der Waals surface area contributed by atoms with E-state index < -0.39 is 11.9 Å². The normalized spacial score (nSPS) is 10.7. The van der Waals surface area contributed by atoms with Gasteiger partial charge in [0.25, 0.3) is 5.91 Å². The summed E-state index contributed by atoms with van der Waals surface area (Å²) in [6, 6.07) is 10.2. The minimum Gasteiger partial charge on any atom is -0.464 e. The molecule has 1 aromatic carbocycles. The Morgan fingerprint density at radius 1 is 1.09 bits per heavy atom. The Kier molecular flexibility index (Phi) is 5.20. The van der Waals surface area contributed by atoms with Crippen LogP contribution in [0.15, 0.2) is 60.7 Å². The molecular formula is C15H14N4O3. The predicted molar refractivity (Wildman–Crippen MR) is 79.7 cm³/mol. The van der Waals surface area contributed by atoms with Crippen molar-refractivity contribution in [1.29, 1.82) is 0 Å². The number of carbonyl (C=O) groups is 2. The highest BCUT2D eigenvalue weighted by Gasteiger charge is 2.14. The van der Waals surface area contributed by atoms with Crippen LogP contribution in [0.5, 0.6) is 0 Å². The van der Waals surface area contributed by atoms with E-state index in [2.05, 4.69) is 25.3 Å². The number of nitrogens with zero attached hydrogens (tertiary/aromatic N) is 2. The Hall–Kier alpha value is -3.22. The smallest absolute Gasteiger partial charge is 0.356 e. The second kappa shape index (κ2) is 7.53. The van der Waals surface area contributed by atoms with Gasteiger partial charge in [-0.05, 0) is 18.2 Å². The summed E-state index contributed by atoms with van der Waals surface area (Å²) in [5.41, 5.74) is 0.372. The van der Waals surface area contributed by atoms with E-state index in [9.17, 15) is 9.59 Å².